The van der Waals surface area contributed by atoms with E-state index in [2.05, 4.69) is 30.3 Å². The molecule has 2 atom stereocenters. The van der Waals surface area contributed by atoms with Crippen molar-refractivity contribution in [2.75, 3.05) is 5.88 Å². The lowest BCUT2D eigenvalue weighted by atomic mass is 9.40. The van der Waals surface area contributed by atoms with E-state index in [0.717, 1.165) is 31.6 Å². The van der Waals surface area contributed by atoms with Crippen molar-refractivity contribution in [3.05, 3.63) is 35.9 Å². The Morgan fingerprint density at radius 2 is 1.76 bits per heavy atom. The smallest absolute Gasteiger partial charge is 0.221 e. The molecule has 1 amide bonds. The molecule has 4 aliphatic carbocycles. The van der Waals surface area contributed by atoms with E-state index in [9.17, 15) is 4.79 Å². The van der Waals surface area contributed by atoms with Crippen molar-refractivity contribution in [2.24, 2.45) is 28.9 Å². The van der Waals surface area contributed by atoms with E-state index in [1.54, 1.807) is 0 Å². The molecular formula is C18H22ClNO. The van der Waals surface area contributed by atoms with Crippen LogP contribution in [0.2, 0.25) is 0 Å². The molecule has 21 heavy (non-hydrogen) atoms. The monoisotopic (exact) mass is 303 g/mol. The molecule has 4 aliphatic rings. The fourth-order valence-corrected chi connectivity index (χ4v) is 6.39. The summed E-state index contributed by atoms with van der Waals surface area (Å²) in [6.45, 7) is 0. The Balaban J connectivity index is 1.78. The van der Waals surface area contributed by atoms with E-state index in [1.807, 2.05) is 0 Å². The molecule has 1 aromatic carbocycles. The summed E-state index contributed by atoms with van der Waals surface area (Å²) in [6.07, 6.45) is 5.59. The van der Waals surface area contributed by atoms with E-state index in [4.69, 9.17) is 17.3 Å². The Morgan fingerprint density at radius 3 is 2.29 bits per heavy atom. The fourth-order valence-electron chi connectivity index (χ4n) is 6.08. The SMILES string of the molecule is NC(=O)C1C2CC3(CCl)CC1CC(c1ccccc1)(C2)C3. The van der Waals surface area contributed by atoms with Crippen LogP contribution in [-0.4, -0.2) is 11.8 Å². The Bertz CT molecular complexity index is 554. The van der Waals surface area contributed by atoms with Crippen LogP contribution in [0.3, 0.4) is 0 Å². The van der Waals surface area contributed by atoms with E-state index >= 15 is 0 Å². The first-order valence-corrected chi connectivity index (χ1v) is 8.52. The van der Waals surface area contributed by atoms with Gasteiger partial charge in [-0.2, -0.15) is 0 Å². The van der Waals surface area contributed by atoms with Gasteiger partial charge in [-0.25, -0.2) is 0 Å². The van der Waals surface area contributed by atoms with E-state index in [-0.39, 0.29) is 22.7 Å². The van der Waals surface area contributed by atoms with Gasteiger partial charge in [0.05, 0.1) is 0 Å². The lowest BCUT2D eigenvalue weighted by Gasteiger charge is -2.64. The molecule has 0 saturated heterocycles. The molecular weight excluding hydrogens is 282 g/mol. The molecule has 4 fully saturated rings. The summed E-state index contributed by atoms with van der Waals surface area (Å²) >= 11 is 6.38. The molecule has 0 heterocycles. The highest BCUT2D eigenvalue weighted by Crippen LogP contribution is 2.67. The third-order valence-electron chi connectivity index (χ3n) is 6.42. The number of hydrogen-bond donors (Lipinski definition) is 1. The summed E-state index contributed by atoms with van der Waals surface area (Å²) in [7, 11) is 0. The van der Waals surface area contributed by atoms with Crippen LogP contribution in [0.25, 0.3) is 0 Å². The van der Waals surface area contributed by atoms with E-state index in [1.165, 1.54) is 12.0 Å². The second-order valence-corrected chi connectivity index (χ2v) is 7.99. The van der Waals surface area contributed by atoms with Crippen molar-refractivity contribution in [1.29, 1.82) is 0 Å². The van der Waals surface area contributed by atoms with Gasteiger partial charge in [-0.15, -0.1) is 11.6 Å². The minimum Gasteiger partial charge on any atom is -0.369 e. The summed E-state index contributed by atoms with van der Waals surface area (Å²) in [5, 5.41) is 0. The van der Waals surface area contributed by atoms with Gasteiger partial charge in [0, 0.05) is 11.8 Å². The maximum absolute atomic E-state index is 11.9. The molecule has 0 aromatic heterocycles. The summed E-state index contributed by atoms with van der Waals surface area (Å²) < 4.78 is 0. The van der Waals surface area contributed by atoms with Crippen molar-refractivity contribution in [3.63, 3.8) is 0 Å². The van der Waals surface area contributed by atoms with Crippen LogP contribution in [0, 0.1) is 23.2 Å². The van der Waals surface area contributed by atoms with Crippen LogP contribution in [-0.2, 0) is 10.2 Å². The van der Waals surface area contributed by atoms with Gasteiger partial charge in [-0.3, -0.25) is 4.79 Å². The zero-order valence-corrected chi connectivity index (χ0v) is 13.0. The molecule has 0 spiro atoms. The maximum Gasteiger partial charge on any atom is 0.221 e. The highest BCUT2D eigenvalue weighted by Gasteiger charge is 2.62. The molecule has 0 radical (unpaired) electrons. The number of rotatable bonds is 3. The number of hydrogen-bond acceptors (Lipinski definition) is 1. The Kier molecular flexibility index (Phi) is 2.91. The quantitative estimate of drug-likeness (QED) is 0.854. The molecule has 2 nitrogen and oxygen atoms in total. The van der Waals surface area contributed by atoms with Crippen molar-refractivity contribution in [2.45, 2.75) is 37.5 Å². The van der Waals surface area contributed by atoms with Crippen LogP contribution in [0.5, 0.6) is 0 Å². The number of carbonyl (C=O) groups is 1. The first kappa shape index (κ1) is 13.6. The van der Waals surface area contributed by atoms with E-state index < -0.39 is 0 Å². The molecule has 0 aliphatic heterocycles. The first-order chi connectivity index (χ1) is 10.1. The topological polar surface area (TPSA) is 43.1 Å². The summed E-state index contributed by atoms with van der Waals surface area (Å²) in [6, 6.07) is 10.9. The number of alkyl halides is 1. The normalized spacial score (nSPS) is 44.0. The molecule has 2 unspecified atom stereocenters. The Hall–Kier alpha value is -1.02. The predicted octanol–water partition coefficient (Wildman–Crippen LogP) is 3.47. The second-order valence-electron chi connectivity index (χ2n) is 7.72. The molecule has 5 rings (SSSR count). The number of carbonyl (C=O) groups excluding carboxylic acids is 1. The summed E-state index contributed by atoms with van der Waals surface area (Å²) in [5.41, 5.74) is 7.62. The molecule has 4 saturated carbocycles. The van der Waals surface area contributed by atoms with E-state index in [0.29, 0.717) is 11.8 Å². The van der Waals surface area contributed by atoms with Gasteiger partial charge < -0.3 is 5.73 Å². The second kappa shape index (κ2) is 4.49. The van der Waals surface area contributed by atoms with Gasteiger partial charge in [0.15, 0.2) is 0 Å². The zero-order valence-electron chi connectivity index (χ0n) is 12.2. The third-order valence-corrected chi connectivity index (χ3v) is 6.99. The molecule has 2 N–H and O–H groups in total. The van der Waals surface area contributed by atoms with Crippen LogP contribution in [0.4, 0.5) is 0 Å². The van der Waals surface area contributed by atoms with Gasteiger partial charge in [0.25, 0.3) is 0 Å². The van der Waals surface area contributed by atoms with Crippen molar-refractivity contribution < 1.29 is 4.79 Å². The number of amides is 1. The van der Waals surface area contributed by atoms with Crippen molar-refractivity contribution in [3.8, 4) is 0 Å². The van der Waals surface area contributed by atoms with Gasteiger partial charge >= 0.3 is 0 Å². The van der Waals surface area contributed by atoms with Gasteiger partial charge in [-0.1, -0.05) is 30.3 Å². The Morgan fingerprint density at radius 1 is 1.14 bits per heavy atom. The lowest BCUT2D eigenvalue weighted by molar-refractivity contribution is -0.144. The number of nitrogens with two attached hydrogens (primary N) is 1. The summed E-state index contributed by atoms with van der Waals surface area (Å²) in [5.74, 6) is 1.58. The molecule has 1 aromatic rings. The van der Waals surface area contributed by atoms with Gasteiger partial charge in [-0.05, 0) is 60.3 Å². The predicted molar refractivity (Wildman–Crippen MR) is 84.0 cm³/mol. The van der Waals surface area contributed by atoms with Crippen LogP contribution >= 0.6 is 11.6 Å². The zero-order chi connectivity index (χ0) is 14.7. The highest BCUT2D eigenvalue weighted by molar-refractivity contribution is 6.18. The minimum atomic E-state index is -0.0864. The van der Waals surface area contributed by atoms with Crippen molar-refractivity contribution >= 4 is 17.5 Å². The summed E-state index contributed by atoms with van der Waals surface area (Å²) in [4.78, 5) is 11.9. The average molecular weight is 304 g/mol. The molecule has 112 valence electrons. The van der Waals surface area contributed by atoms with Crippen LogP contribution in [0.1, 0.15) is 37.7 Å². The minimum absolute atomic E-state index is 0.0819. The molecule has 4 bridgehead atoms. The Labute approximate surface area is 131 Å². The van der Waals surface area contributed by atoms with Gasteiger partial charge in [0.2, 0.25) is 5.91 Å². The third kappa shape index (κ3) is 1.88. The number of halogens is 1. The van der Waals surface area contributed by atoms with Crippen molar-refractivity contribution in [1.82, 2.24) is 0 Å². The highest BCUT2D eigenvalue weighted by atomic mass is 35.5. The fraction of sp³-hybridized carbons (Fsp3) is 0.611. The largest absolute Gasteiger partial charge is 0.369 e. The number of benzene rings is 1. The lowest BCUT2D eigenvalue weighted by Crippen LogP contribution is -2.60. The first-order valence-electron chi connectivity index (χ1n) is 7.98. The molecule has 3 heteroatoms. The standard InChI is InChI=1S/C18H22ClNO/c19-11-17-6-12-8-18(10-17,14-4-2-1-3-5-14)9-13(7-17)15(12)16(20)21/h1-5,12-13,15H,6-11H2,(H2,20,21). The average Bonchev–Trinajstić information content (AvgIpc) is 2.47. The van der Waals surface area contributed by atoms with Gasteiger partial charge in [0.1, 0.15) is 0 Å². The van der Waals surface area contributed by atoms with Crippen LogP contribution < -0.4 is 5.73 Å². The van der Waals surface area contributed by atoms with Crippen LogP contribution in [0.15, 0.2) is 30.3 Å². The maximum atomic E-state index is 11.9. The number of primary amides is 1.